The molecule has 2 aliphatic heterocycles. The molecule has 1 aromatic heterocycles. The molecule has 3 heterocycles. The number of hydrogen-bond acceptors (Lipinski definition) is 8. The van der Waals surface area contributed by atoms with Crippen molar-refractivity contribution in [2.75, 3.05) is 22.9 Å². The van der Waals surface area contributed by atoms with Crippen molar-refractivity contribution in [1.82, 2.24) is 4.90 Å². The number of amides is 1. The molecule has 0 spiro atoms. The van der Waals surface area contributed by atoms with Gasteiger partial charge in [-0.3, -0.25) is 14.4 Å². The van der Waals surface area contributed by atoms with Gasteiger partial charge in [0.2, 0.25) is 0 Å². The third-order valence-corrected chi connectivity index (χ3v) is 8.36. The fourth-order valence-corrected chi connectivity index (χ4v) is 6.35. The van der Waals surface area contributed by atoms with Gasteiger partial charge in [-0.05, 0) is 62.6 Å². The van der Waals surface area contributed by atoms with Gasteiger partial charge in [0.05, 0.1) is 17.3 Å². The van der Waals surface area contributed by atoms with E-state index in [-0.39, 0.29) is 40.5 Å². The number of nitrogens with one attached hydrogen (secondary N) is 2. The van der Waals surface area contributed by atoms with Gasteiger partial charge in [-0.25, -0.2) is 9.18 Å². The Kier molecular flexibility index (Phi) is 6.80. The Morgan fingerprint density at radius 3 is 2.59 bits per heavy atom. The summed E-state index contributed by atoms with van der Waals surface area (Å²) >= 11 is 1.75. The van der Waals surface area contributed by atoms with E-state index in [4.69, 9.17) is 4.42 Å². The Balaban J connectivity index is 1.42. The molecule has 2 unspecified atom stereocenters. The van der Waals surface area contributed by atoms with Gasteiger partial charge in [-0.1, -0.05) is 6.07 Å². The Labute approximate surface area is 215 Å². The second-order valence-electron chi connectivity index (χ2n) is 9.32. The molecule has 3 N–H and O–H groups in total. The van der Waals surface area contributed by atoms with Crippen LogP contribution in [0, 0.1) is 12.7 Å². The number of halogens is 1. The van der Waals surface area contributed by atoms with Crippen LogP contribution in [-0.4, -0.2) is 45.5 Å². The van der Waals surface area contributed by atoms with Crippen LogP contribution >= 0.6 is 11.8 Å². The van der Waals surface area contributed by atoms with Gasteiger partial charge in [0, 0.05) is 11.8 Å². The first-order chi connectivity index (χ1) is 17.8. The van der Waals surface area contributed by atoms with Gasteiger partial charge in [0.15, 0.2) is 5.82 Å². The third-order valence-electron chi connectivity index (χ3n) is 6.90. The molecule has 3 atom stereocenters. The summed E-state index contributed by atoms with van der Waals surface area (Å²) in [5.41, 5.74) is -2.02. The maximum absolute atomic E-state index is 15.4. The summed E-state index contributed by atoms with van der Waals surface area (Å²) in [6, 6.07) is 6.36. The topological polar surface area (TPSA) is 129 Å². The summed E-state index contributed by atoms with van der Waals surface area (Å²) in [7, 11) is 0. The van der Waals surface area contributed by atoms with Crippen molar-refractivity contribution in [1.29, 1.82) is 0 Å². The van der Waals surface area contributed by atoms with E-state index < -0.39 is 34.6 Å². The fraction of sp³-hybridized carbons (Fsp3) is 0.385. The number of aliphatic carboxylic acids is 1. The highest BCUT2D eigenvalue weighted by Gasteiger charge is 2.36. The zero-order valence-electron chi connectivity index (χ0n) is 20.1. The predicted molar refractivity (Wildman–Crippen MR) is 138 cm³/mol. The first kappa shape index (κ1) is 25.1. The number of aryl methyl sites for hydroxylation is 1. The average Bonchev–Trinajstić information content (AvgIpc) is 3.66. The lowest BCUT2D eigenvalue weighted by Gasteiger charge is -2.25. The van der Waals surface area contributed by atoms with E-state index in [0.29, 0.717) is 18.6 Å². The second kappa shape index (κ2) is 10.0. The lowest BCUT2D eigenvalue weighted by molar-refractivity contribution is -0.141. The minimum absolute atomic E-state index is 0.0400. The molecule has 194 valence electrons. The number of thioether (sulfide) groups is 1. The van der Waals surface area contributed by atoms with E-state index in [1.165, 1.54) is 18.2 Å². The van der Waals surface area contributed by atoms with E-state index in [2.05, 4.69) is 10.6 Å². The number of carboxylic acid groups (broad SMARTS) is 1. The standard InChI is InChI=1S/C26H26FN3O6S/c1-13-9-10-17(36-13)20(18-8-4-12-37-18)29-22-21(23(31)24(22)32)28-15-6-2-5-14(19(15)27)25(33)30-11-3-7-16(30)26(34)35/h2,5-6,9-10,16,18,20,28-29H,3-4,7-8,11-12H2,1H3,(H,34,35)/t16?,18?,20-/m0/s1. The highest BCUT2D eigenvalue weighted by atomic mass is 32.2. The zero-order valence-corrected chi connectivity index (χ0v) is 20.9. The molecule has 0 aliphatic carbocycles. The van der Waals surface area contributed by atoms with Gasteiger partial charge in [0.1, 0.15) is 28.9 Å². The number of likely N-dealkylation sites (tertiary alicyclic amines) is 1. The molecule has 0 bridgehead atoms. The number of hydrogen-bond donors (Lipinski definition) is 3. The normalized spacial score (nSPS) is 20.3. The van der Waals surface area contributed by atoms with Gasteiger partial charge >= 0.3 is 5.97 Å². The van der Waals surface area contributed by atoms with Crippen LogP contribution in [0.2, 0.25) is 0 Å². The number of furan rings is 1. The number of benzene rings is 1. The number of carbonyl (C=O) groups is 2. The third kappa shape index (κ3) is 4.63. The predicted octanol–water partition coefficient (Wildman–Crippen LogP) is 3.80. The molecule has 5 rings (SSSR count). The SMILES string of the molecule is Cc1ccc([C@H](Nc2c(Nc3cccc(C(=O)N4CCCC4C(=O)O)c3F)c(=O)c2=O)C2CCCS2)o1. The highest BCUT2D eigenvalue weighted by Crippen LogP contribution is 2.39. The molecule has 0 saturated carbocycles. The van der Waals surface area contributed by atoms with E-state index in [1.807, 2.05) is 19.1 Å². The highest BCUT2D eigenvalue weighted by molar-refractivity contribution is 8.00. The largest absolute Gasteiger partial charge is 0.480 e. The number of anilines is 3. The van der Waals surface area contributed by atoms with Gasteiger partial charge in [-0.15, -0.1) is 0 Å². The molecule has 1 amide bonds. The zero-order chi connectivity index (χ0) is 26.3. The Morgan fingerprint density at radius 2 is 1.92 bits per heavy atom. The first-order valence-corrected chi connectivity index (χ1v) is 13.2. The van der Waals surface area contributed by atoms with Crippen molar-refractivity contribution in [3.8, 4) is 0 Å². The molecule has 2 saturated heterocycles. The molecule has 37 heavy (non-hydrogen) atoms. The van der Waals surface area contributed by atoms with Crippen molar-refractivity contribution in [3.05, 3.63) is 73.7 Å². The number of carboxylic acids is 1. The van der Waals surface area contributed by atoms with Crippen molar-refractivity contribution >= 4 is 40.7 Å². The molecule has 9 nitrogen and oxygen atoms in total. The summed E-state index contributed by atoms with van der Waals surface area (Å²) in [5.74, 6) is -0.450. The molecule has 11 heteroatoms. The molecule has 2 aliphatic rings. The van der Waals surface area contributed by atoms with Gasteiger partial charge < -0.3 is 25.1 Å². The lowest BCUT2D eigenvalue weighted by atomic mass is 10.0. The van der Waals surface area contributed by atoms with E-state index in [0.717, 1.165) is 29.3 Å². The maximum atomic E-state index is 15.4. The van der Waals surface area contributed by atoms with Crippen LogP contribution in [0.25, 0.3) is 0 Å². The molecule has 0 radical (unpaired) electrons. The molecular formula is C26H26FN3O6S. The van der Waals surface area contributed by atoms with Crippen molar-refractivity contribution < 1.29 is 23.5 Å². The minimum Gasteiger partial charge on any atom is -0.480 e. The van der Waals surface area contributed by atoms with E-state index >= 15 is 4.39 Å². The summed E-state index contributed by atoms with van der Waals surface area (Å²) < 4.78 is 21.3. The van der Waals surface area contributed by atoms with Crippen molar-refractivity contribution in [2.45, 2.75) is 49.9 Å². The van der Waals surface area contributed by atoms with Crippen LogP contribution in [-0.2, 0) is 4.79 Å². The Hall–Kier alpha value is -3.60. The first-order valence-electron chi connectivity index (χ1n) is 12.1. The van der Waals surface area contributed by atoms with E-state index in [1.54, 1.807) is 11.8 Å². The summed E-state index contributed by atoms with van der Waals surface area (Å²) in [5, 5.41) is 15.4. The van der Waals surface area contributed by atoms with E-state index in [9.17, 15) is 24.3 Å². The summed E-state index contributed by atoms with van der Waals surface area (Å²) in [6.07, 6.45) is 2.74. The molecule has 2 fully saturated rings. The average molecular weight is 528 g/mol. The Morgan fingerprint density at radius 1 is 1.14 bits per heavy atom. The number of rotatable bonds is 8. The second-order valence-corrected chi connectivity index (χ2v) is 10.7. The van der Waals surface area contributed by atoms with Crippen LogP contribution in [0.3, 0.4) is 0 Å². The van der Waals surface area contributed by atoms with Crippen LogP contribution in [0.4, 0.5) is 21.5 Å². The molecule has 2 aromatic carbocycles. The number of nitrogens with zero attached hydrogens (tertiary/aromatic N) is 1. The Bertz CT molecular complexity index is 1420. The fourth-order valence-electron chi connectivity index (χ4n) is 4.99. The monoisotopic (exact) mass is 527 g/mol. The van der Waals surface area contributed by atoms with Crippen LogP contribution in [0.5, 0.6) is 0 Å². The summed E-state index contributed by atoms with van der Waals surface area (Å²) in [4.78, 5) is 50.6. The van der Waals surface area contributed by atoms with Crippen molar-refractivity contribution in [2.24, 2.45) is 0 Å². The van der Waals surface area contributed by atoms with Crippen LogP contribution in [0.15, 0.2) is 44.3 Å². The van der Waals surface area contributed by atoms with Gasteiger partial charge in [-0.2, -0.15) is 11.8 Å². The molecular weight excluding hydrogens is 501 g/mol. The molecule has 3 aromatic rings. The maximum Gasteiger partial charge on any atom is 0.326 e. The van der Waals surface area contributed by atoms with Crippen LogP contribution in [0.1, 0.15) is 53.6 Å². The lowest BCUT2D eigenvalue weighted by Crippen LogP contribution is -2.41. The summed E-state index contributed by atoms with van der Waals surface area (Å²) in [6.45, 7) is 2.04. The number of carbonyl (C=O) groups excluding carboxylic acids is 1. The smallest absolute Gasteiger partial charge is 0.326 e. The minimum atomic E-state index is -1.14. The quantitative estimate of drug-likeness (QED) is 0.375. The van der Waals surface area contributed by atoms with Crippen LogP contribution < -0.4 is 21.5 Å². The van der Waals surface area contributed by atoms with Crippen molar-refractivity contribution in [3.63, 3.8) is 0 Å². The van der Waals surface area contributed by atoms with Gasteiger partial charge in [0.25, 0.3) is 16.8 Å².